The molecule has 0 aromatic rings. The lowest BCUT2D eigenvalue weighted by Crippen LogP contribution is -2.50. The predicted octanol–water partition coefficient (Wildman–Crippen LogP) is -0.665. The first kappa shape index (κ1) is 11.4. The Balaban J connectivity index is 1.79. The minimum atomic E-state index is -0.0371. The topological polar surface area (TPSA) is 61.4 Å². The number of piperidine rings is 1. The fourth-order valence-electron chi connectivity index (χ4n) is 2.31. The molecule has 0 unspecified atom stereocenters. The summed E-state index contributed by atoms with van der Waals surface area (Å²) in [5, 5.41) is 6.01. The highest BCUT2D eigenvalue weighted by molar-refractivity contribution is 5.85. The number of carbonyl (C=O) groups is 2. The van der Waals surface area contributed by atoms with Crippen LogP contribution in [0.1, 0.15) is 19.3 Å². The molecule has 2 rings (SSSR count). The van der Waals surface area contributed by atoms with Crippen LogP contribution >= 0.6 is 0 Å². The highest BCUT2D eigenvalue weighted by atomic mass is 16.2. The molecule has 0 aromatic heterocycles. The van der Waals surface area contributed by atoms with E-state index in [-0.39, 0.29) is 18.4 Å². The van der Waals surface area contributed by atoms with Crippen molar-refractivity contribution in [2.75, 3.05) is 32.7 Å². The van der Waals surface area contributed by atoms with Gasteiger partial charge in [-0.25, -0.2) is 0 Å². The SMILES string of the molecule is O=C1CN(C(=O)CC2CCNCC2)CCN1. The molecule has 2 heterocycles. The molecule has 0 aliphatic carbocycles. The molecule has 0 radical (unpaired) electrons. The average Bonchev–Trinajstić information content (AvgIpc) is 2.30. The predicted molar refractivity (Wildman–Crippen MR) is 59.8 cm³/mol. The van der Waals surface area contributed by atoms with Crippen molar-refractivity contribution in [3.63, 3.8) is 0 Å². The van der Waals surface area contributed by atoms with Gasteiger partial charge >= 0.3 is 0 Å². The number of piperazine rings is 1. The minimum absolute atomic E-state index is 0.0371. The van der Waals surface area contributed by atoms with Crippen molar-refractivity contribution in [1.82, 2.24) is 15.5 Å². The number of rotatable bonds is 2. The molecule has 0 aromatic carbocycles. The first-order chi connectivity index (χ1) is 7.75. The van der Waals surface area contributed by atoms with E-state index >= 15 is 0 Å². The lowest BCUT2D eigenvalue weighted by atomic mass is 9.94. The summed E-state index contributed by atoms with van der Waals surface area (Å²) in [5.41, 5.74) is 0. The molecule has 5 heteroatoms. The molecule has 0 atom stereocenters. The van der Waals surface area contributed by atoms with Gasteiger partial charge in [-0.15, -0.1) is 0 Å². The van der Waals surface area contributed by atoms with Crippen LogP contribution in [0.2, 0.25) is 0 Å². The molecular formula is C11H19N3O2. The van der Waals surface area contributed by atoms with Crippen LogP contribution in [0, 0.1) is 5.92 Å². The Morgan fingerprint density at radius 3 is 2.75 bits per heavy atom. The normalized spacial score (nSPS) is 23.0. The summed E-state index contributed by atoms with van der Waals surface area (Å²) in [4.78, 5) is 24.8. The Morgan fingerprint density at radius 2 is 2.06 bits per heavy atom. The Morgan fingerprint density at radius 1 is 1.31 bits per heavy atom. The zero-order valence-corrected chi connectivity index (χ0v) is 9.50. The molecule has 2 aliphatic heterocycles. The van der Waals surface area contributed by atoms with Crippen molar-refractivity contribution < 1.29 is 9.59 Å². The average molecular weight is 225 g/mol. The van der Waals surface area contributed by atoms with Gasteiger partial charge in [0, 0.05) is 19.5 Å². The molecule has 2 saturated heterocycles. The number of amides is 2. The third-order valence-corrected chi connectivity index (χ3v) is 3.31. The van der Waals surface area contributed by atoms with Gasteiger partial charge in [0.2, 0.25) is 11.8 Å². The van der Waals surface area contributed by atoms with E-state index in [1.54, 1.807) is 4.90 Å². The summed E-state index contributed by atoms with van der Waals surface area (Å²) < 4.78 is 0. The highest BCUT2D eigenvalue weighted by Crippen LogP contribution is 2.17. The van der Waals surface area contributed by atoms with E-state index in [0.717, 1.165) is 25.9 Å². The van der Waals surface area contributed by atoms with Crippen LogP contribution in [0.4, 0.5) is 0 Å². The summed E-state index contributed by atoms with van der Waals surface area (Å²) >= 11 is 0. The first-order valence-electron chi connectivity index (χ1n) is 6.01. The zero-order valence-electron chi connectivity index (χ0n) is 9.50. The third kappa shape index (κ3) is 2.95. The molecule has 0 saturated carbocycles. The van der Waals surface area contributed by atoms with Gasteiger partial charge in [-0.2, -0.15) is 0 Å². The first-order valence-corrected chi connectivity index (χ1v) is 6.01. The summed E-state index contributed by atoms with van der Waals surface area (Å²) in [5.74, 6) is 0.602. The molecule has 0 spiro atoms. The van der Waals surface area contributed by atoms with Gasteiger partial charge in [-0.3, -0.25) is 9.59 Å². The van der Waals surface area contributed by atoms with Crippen molar-refractivity contribution in [2.24, 2.45) is 5.92 Å². The van der Waals surface area contributed by atoms with E-state index in [1.165, 1.54) is 0 Å². The number of nitrogens with one attached hydrogen (secondary N) is 2. The number of hydrogen-bond acceptors (Lipinski definition) is 3. The number of carbonyl (C=O) groups excluding carboxylic acids is 2. The standard InChI is InChI=1S/C11H19N3O2/c15-10-8-14(6-5-13-10)11(16)7-9-1-3-12-4-2-9/h9,12H,1-8H2,(H,13,15). The van der Waals surface area contributed by atoms with Crippen LogP contribution in [0.25, 0.3) is 0 Å². The molecular weight excluding hydrogens is 206 g/mol. The monoisotopic (exact) mass is 225 g/mol. The van der Waals surface area contributed by atoms with Crippen molar-refractivity contribution in [3.8, 4) is 0 Å². The van der Waals surface area contributed by atoms with Gasteiger partial charge in [0.1, 0.15) is 0 Å². The van der Waals surface area contributed by atoms with Gasteiger partial charge in [0.25, 0.3) is 0 Å². The van der Waals surface area contributed by atoms with Gasteiger partial charge in [-0.1, -0.05) is 0 Å². The smallest absolute Gasteiger partial charge is 0.239 e. The van der Waals surface area contributed by atoms with Crippen LogP contribution < -0.4 is 10.6 Å². The fraction of sp³-hybridized carbons (Fsp3) is 0.818. The maximum Gasteiger partial charge on any atom is 0.239 e. The van der Waals surface area contributed by atoms with E-state index in [4.69, 9.17) is 0 Å². The van der Waals surface area contributed by atoms with Gasteiger partial charge in [-0.05, 0) is 31.8 Å². The lowest BCUT2D eigenvalue weighted by molar-refractivity contribution is -0.139. The van der Waals surface area contributed by atoms with E-state index in [1.807, 2.05) is 0 Å². The number of nitrogens with zero attached hydrogens (tertiary/aromatic N) is 1. The molecule has 5 nitrogen and oxygen atoms in total. The maximum absolute atomic E-state index is 11.9. The molecule has 2 aliphatic rings. The Hall–Kier alpha value is -1.10. The fourth-order valence-corrected chi connectivity index (χ4v) is 2.31. The summed E-state index contributed by atoms with van der Waals surface area (Å²) in [7, 11) is 0. The third-order valence-electron chi connectivity index (χ3n) is 3.31. The lowest BCUT2D eigenvalue weighted by Gasteiger charge is -2.29. The second kappa shape index (κ2) is 5.30. The van der Waals surface area contributed by atoms with Crippen molar-refractivity contribution in [3.05, 3.63) is 0 Å². The Labute approximate surface area is 95.6 Å². The van der Waals surface area contributed by atoms with Crippen molar-refractivity contribution in [1.29, 1.82) is 0 Å². The molecule has 2 fully saturated rings. The maximum atomic E-state index is 11.9. The summed E-state index contributed by atoms with van der Waals surface area (Å²) in [6, 6.07) is 0. The van der Waals surface area contributed by atoms with Crippen LogP contribution in [0.5, 0.6) is 0 Å². The van der Waals surface area contributed by atoms with E-state index in [0.29, 0.717) is 25.4 Å². The number of hydrogen-bond donors (Lipinski definition) is 2. The van der Waals surface area contributed by atoms with Gasteiger partial charge < -0.3 is 15.5 Å². The zero-order chi connectivity index (χ0) is 11.4. The quantitative estimate of drug-likeness (QED) is 0.655. The van der Waals surface area contributed by atoms with Crippen LogP contribution in [-0.4, -0.2) is 49.4 Å². The van der Waals surface area contributed by atoms with Crippen LogP contribution in [0.3, 0.4) is 0 Å². The van der Waals surface area contributed by atoms with Crippen LogP contribution in [-0.2, 0) is 9.59 Å². The molecule has 2 amide bonds. The molecule has 2 N–H and O–H groups in total. The molecule has 0 bridgehead atoms. The van der Waals surface area contributed by atoms with Crippen molar-refractivity contribution >= 4 is 11.8 Å². The van der Waals surface area contributed by atoms with E-state index < -0.39 is 0 Å². The molecule has 90 valence electrons. The molecule has 16 heavy (non-hydrogen) atoms. The van der Waals surface area contributed by atoms with Gasteiger partial charge in [0.05, 0.1) is 6.54 Å². The summed E-state index contributed by atoms with van der Waals surface area (Å²) in [6.45, 7) is 3.52. The van der Waals surface area contributed by atoms with Gasteiger partial charge in [0.15, 0.2) is 0 Å². The largest absolute Gasteiger partial charge is 0.353 e. The van der Waals surface area contributed by atoms with Crippen molar-refractivity contribution in [2.45, 2.75) is 19.3 Å². The second-order valence-corrected chi connectivity index (χ2v) is 4.56. The highest BCUT2D eigenvalue weighted by Gasteiger charge is 2.24. The van der Waals surface area contributed by atoms with E-state index in [9.17, 15) is 9.59 Å². The Bertz CT molecular complexity index is 274. The minimum Gasteiger partial charge on any atom is -0.353 e. The second-order valence-electron chi connectivity index (χ2n) is 4.56. The van der Waals surface area contributed by atoms with Crippen LogP contribution in [0.15, 0.2) is 0 Å². The summed E-state index contributed by atoms with van der Waals surface area (Å²) in [6.07, 6.45) is 2.76. The Kier molecular flexibility index (Phi) is 3.77. The van der Waals surface area contributed by atoms with E-state index in [2.05, 4.69) is 10.6 Å².